The van der Waals surface area contributed by atoms with Crippen LogP contribution in [-0.4, -0.2) is 67.5 Å². The van der Waals surface area contributed by atoms with Gasteiger partial charge in [0.15, 0.2) is 0 Å². The summed E-state index contributed by atoms with van der Waals surface area (Å²) in [6.45, 7) is 2.13. The molecule has 6 heteroatoms. The normalized spacial score (nSPS) is 20.8. The predicted molar refractivity (Wildman–Crippen MR) is 95.4 cm³/mol. The zero-order valence-electron chi connectivity index (χ0n) is 15.3. The quantitative estimate of drug-likeness (QED) is 0.845. The van der Waals surface area contributed by atoms with Crippen LogP contribution in [0.3, 0.4) is 0 Å². The minimum atomic E-state index is 0.0274. The molecule has 0 aliphatic carbocycles. The van der Waals surface area contributed by atoms with Crippen LogP contribution in [0.5, 0.6) is 5.75 Å². The Morgan fingerprint density at radius 1 is 1.12 bits per heavy atom. The number of amides is 3. The second-order valence-corrected chi connectivity index (χ2v) is 7.05. The summed E-state index contributed by atoms with van der Waals surface area (Å²) in [6.07, 6.45) is 2.50. The Morgan fingerprint density at radius 3 is 2.40 bits per heavy atom. The van der Waals surface area contributed by atoms with Crippen LogP contribution in [0.15, 0.2) is 24.3 Å². The second kappa shape index (κ2) is 7.33. The number of hydrogen-bond acceptors (Lipinski definition) is 3. The highest BCUT2D eigenvalue weighted by molar-refractivity contribution is 5.81. The molecule has 0 radical (unpaired) electrons. The number of ether oxygens (including phenoxy) is 1. The van der Waals surface area contributed by atoms with Gasteiger partial charge in [-0.05, 0) is 37.0 Å². The lowest BCUT2D eigenvalue weighted by Crippen LogP contribution is -2.51. The van der Waals surface area contributed by atoms with E-state index >= 15 is 0 Å². The van der Waals surface area contributed by atoms with E-state index in [-0.39, 0.29) is 23.9 Å². The highest BCUT2D eigenvalue weighted by Gasteiger charge is 2.38. The van der Waals surface area contributed by atoms with Gasteiger partial charge in [0.1, 0.15) is 5.75 Å². The number of carbonyl (C=O) groups excluding carboxylic acids is 2. The number of methoxy groups -OCH3 is 1. The Morgan fingerprint density at radius 2 is 1.84 bits per heavy atom. The molecule has 136 valence electrons. The van der Waals surface area contributed by atoms with Gasteiger partial charge in [0.05, 0.1) is 13.2 Å². The highest BCUT2D eigenvalue weighted by Crippen LogP contribution is 2.37. The summed E-state index contributed by atoms with van der Waals surface area (Å²) in [4.78, 5) is 30.3. The summed E-state index contributed by atoms with van der Waals surface area (Å²) >= 11 is 0. The lowest BCUT2D eigenvalue weighted by molar-refractivity contribution is -0.145. The molecule has 3 amide bonds. The monoisotopic (exact) mass is 345 g/mol. The molecule has 0 saturated carbocycles. The third-order valence-corrected chi connectivity index (χ3v) is 5.28. The number of carbonyl (C=O) groups is 2. The molecule has 3 rings (SSSR count). The van der Waals surface area contributed by atoms with E-state index in [1.807, 2.05) is 28.0 Å². The van der Waals surface area contributed by atoms with Crippen molar-refractivity contribution < 1.29 is 14.3 Å². The van der Waals surface area contributed by atoms with Crippen molar-refractivity contribution in [2.45, 2.75) is 25.3 Å². The van der Waals surface area contributed by atoms with Gasteiger partial charge in [-0.1, -0.05) is 12.1 Å². The van der Waals surface area contributed by atoms with E-state index in [1.54, 1.807) is 26.1 Å². The summed E-state index contributed by atoms with van der Waals surface area (Å²) in [5.41, 5.74) is 1.14. The molecule has 2 aliphatic heterocycles. The van der Waals surface area contributed by atoms with Crippen molar-refractivity contribution in [3.63, 3.8) is 0 Å². The van der Waals surface area contributed by atoms with Crippen LogP contribution >= 0.6 is 0 Å². The average molecular weight is 345 g/mol. The lowest BCUT2D eigenvalue weighted by Gasteiger charge is -2.44. The molecule has 0 unspecified atom stereocenters. The average Bonchev–Trinajstić information content (AvgIpc) is 2.60. The third-order valence-electron chi connectivity index (χ3n) is 5.28. The molecular weight excluding hydrogens is 318 g/mol. The Kier molecular flexibility index (Phi) is 5.16. The van der Waals surface area contributed by atoms with Crippen molar-refractivity contribution in [3.05, 3.63) is 29.8 Å². The highest BCUT2D eigenvalue weighted by atomic mass is 16.5. The fraction of sp³-hybridized carbons (Fsp3) is 0.579. The van der Waals surface area contributed by atoms with Gasteiger partial charge in [0.2, 0.25) is 5.91 Å². The number of piperidine rings is 1. The number of likely N-dealkylation sites (tertiary alicyclic amines) is 2. The summed E-state index contributed by atoms with van der Waals surface area (Å²) in [5, 5.41) is 0. The van der Waals surface area contributed by atoms with E-state index in [0.29, 0.717) is 13.1 Å². The Labute approximate surface area is 149 Å². The standard InChI is InChI=1S/C19H27N3O3/c1-20(2)19(24)21-10-7-14(8-11-21)18(23)22-12-9-17(22)15-5-4-6-16(13-15)25-3/h4-6,13-14,17H,7-12H2,1-3H3/t17-/m1/s1. The van der Waals surface area contributed by atoms with Crippen LogP contribution in [0.25, 0.3) is 0 Å². The van der Waals surface area contributed by atoms with Gasteiger partial charge in [-0.15, -0.1) is 0 Å². The Balaban J connectivity index is 1.59. The summed E-state index contributed by atoms with van der Waals surface area (Å²) < 4.78 is 5.29. The lowest BCUT2D eigenvalue weighted by atomic mass is 9.89. The van der Waals surface area contributed by atoms with Crippen LogP contribution in [0.1, 0.15) is 30.9 Å². The Bertz CT molecular complexity index is 639. The van der Waals surface area contributed by atoms with Gasteiger partial charge in [-0.3, -0.25) is 4.79 Å². The SMILES string of the molecule is COc1cccc([C@H]2CCN2C(=O)C2CCN(C(=O)N(C)C)CC2)c1. The largest absolute Gasteiger partial charge is 0.497 e. The molecule has 2 aliphatic rings. The van der Waals surface area contributed by atoms with Gasteiger partial charge in [-0.25, -0.2) is 4.79 Å². The summed E-state index contributed by atoms with van der Waals surface area (Å²) in [5.74, 6) is 1.09. The van der Waals surface area contributed by atoms with Crippen LogP contribution in [0, 0.1) is 5.92 Å². The first-order valence-electron chi connectivity index (χ1n) is 8.92. The fourth-order valence-electron chi connectivity index (χ4n) is 3.68. The molecule has 0 aromatic heterocycles. The maximum atomic E-state index is 12.9. The predicted octanol–water partition coefficient (Wildman–Crippen LogP) is 2.36. The van der Waals surface area contributed by atoms with Crippen LogP contribution < -0.4 is 4.74 Å². The molecule has 6 nitrogen and oxygen atoms in total. The van der Waals surface area contributed by atoms with E-state index in [2.05, 4.69) is 6.07 Å². The maximum Gasteiger partial charge on any atom is 0.319 e. The second-order valence-electron chi connectivity index (χ2n) is 7.05. The van der Waals surface area contributed by atoms with Gasteiger partial charge in [0, 0.05) is 39.6 Å². The van der Waals surface area contributed by atoms with Gasteiger partial charge in [0.25, 0.3) is 0 Å². The first-order chi connectivity index (χ1) is 12.0. The van der Waals surface area contributed by atoms with Crippen LogP contribution in [-0.2, 0) is 4.79 Å². The topological polar surface area (TPSA) is 53.1 Å². The maximum absolute atomic E-state index is 12.9. The molecule has 25 heavy (non-hydrogen) atoms. The van der Waals surface area contributed by atoms with Crippen molar-refractivity contribution in [3.8, 4) is 5.75 Å². The molecule has 1 atom stereocenters. The van der Waals surface area contributed by atoms with E-state index in [9.17, 15) is 9.59 Å². The van der Waals surface area contributed by atoms with Crippen molar-refractivity contribution in [1.29, 1.82) is 0 Å². The molecule has 2 fully saturated rings. The molecule has 0 spiro atoms. The van der Waals surface area contributed by atoms with Gasteiger partial charge in [-0.2, -0.15) is 0 Å². The first kappa shape index (κ1) is 17.6. The van der Waals surface area contributed by atoms with Crippen molar-refractivity contribution in [1.82, 2.24) is 14.7 Å². The number of nitrogens with zero attached hydrogens (tertiary/aromatic N) is 3. The molecule has 1 aromatic rings. The van der Waals surface area contributed by atoms with Gasteiger partial charge < -0.3 is 19.4 Å². The van der Waals surface area contributed by atoms with E-state index in [0.717, 1.165) is 37.1 Å². The van der Waals surface area contributed by atoms with Crippen molar-refractivity contribution in [2.24, 2.45) is 5.92 Å². The molecule has 2 heterocycles. The minimum absolute atomic E-state index is 0.0274. The zero-order valence-corrected chi connectivity index (χ0v) is 15.3. The van der Waals surface area contributed by atoms with Gasteiger partial charge >= 0.3 is 6.03 Å². The smallest absolute Gasteiger partial charge is 0.319 e. The minimum Gasteiger partial charge on any atom is -0.497 e. The molecule has 0 N–H and O–H groups in total. The van der Waals surface area contributed by atoms with Crippen LogP contribution in [0.4, 0.5) is 4.79 Å². The Hall–Kier alpha value is -2.24. The molecule has 0 bridgehead atoms. The number of hydrogen-bond donors (Lipinski definition) is 0. The molecule has 1 aromatic carbocycles. The number of rotatable bonds is 3. The van der Waals surface area contributed by atoms with E-state index < -0.39 is 0 Å². The molecular formula is C19H27N3O3. The summed E-state index contributed by atoms with van der Waals surface area (Å²) in [6, 6.07) is 8.16. The summed E-state index contributed by atoms with van der Waals surface area (Å²) in [7, 11) is 5.18. The molecule has 2 saturated heterocycles. The third kappa shape index (κ3) is 3.57. The fourth-order valence-corrected chi connectivity index (χ4v) is 3.68. The number of benzene rings is 1. The van der Waals surface area contributed by atoms with Crippen molar-refractivity contribution in [2.75, 3.05) is 40.8 Å². The number of urea groups is 1. The first-order valence-corrected chi connectivity index (χ1v) is 8.92. The van der Waals surface area contributed by atoms with E-state index in [1.165, 1.54) is 0 Å². The van der Waals surface area contributed by atoms with E-state index in [4.69, 9.17) is 4.74 Å². The zero-order chi connectivity index (χ0) is 18.0. The van der Waals surface area contributed by atoms with Crippen molar-refractivity contribution >= 4 is 11.9 Å². The van der Waals surface area contributed by atoms with Crippen LogP contribution in [0.2, 0.25) is 0 Å².